The lowest BCUT2D eigenvalue weighted by Gasteiger charge is -2.14. The summed E-state index contributed by atoms with van der Waals surface area (Å²) in [6.45, 7) is 5.00. The average molecular weight is 447 g/mol. The summed E-state index contributed by atoms with van der Waals surface area (Å²) >= 11 is 0. The molecule has 0 bridgehead atoms. The number of carbonyl (C=O) groups excluding carboxylic acids is 2. The average Bonchev–Trinajstić information content (AvgIpc) is 2.85. The number of hydrogen-bond donors (Lipinski definition) is 0. The van der Waals surface area contributed by atoms with E-state index in [2.05, 4.69) is 0 Å². The first-order chi connectivity index (χ1) is 16.1. The number of hydrogen-bond acceptors (Lipinski definition) is 5. The second kappa shape index (κ2) is 12.6. The van der Waals surface area contributed by atoms with Gasteiger partial charge in [-0.3, -0.25) is 9.59 Å². The minimum absolute atomic E-state index is 0.00345. The SMILES string of the molecule is CCOC(Cc1ccc(OCCCOc2ccc(C(=O)c3ccccc3)cc2)cc1)C(C)=O. The van der Waals surface area contributed by atoms with Gasteiger partial charge in [0.15, 0.2) is 11.6 Å². The Morgan fingerprint density at radius 3 is 1.85 bits per heavy atom. The Morgan fingerprint density at radius 1 is 0.758 bits per heavy atom. The molecule has 0 saturated carbocycles. The van der Waals surface area contributed by atoms with Crippen molar-refractivity contribution < 1.29 is 23.8 Å². The van der Waals surface area contributed by atoms with Crippen molar-refractivity contribution in [1.29, 1.82) is 0 Å². The third-order valence-corrected chi connectivity index (χ3v) is 5.14. The molecular weight excluding hydrogens is 416 g/mol. The van der Waals surface area contributed by atoms with Crippen LogP contribution in [0.5, 0.6) is 11.5 Å². The number of ether oxygens (including phenoxy) is 3. The van der Waals surface area contributed by atoms with Crippen LogP contribution in [0.2, 0.25) is 0 Å². The highest BCUT2D eigenvalue weighted by Crippen LogP contribution is 2.17. The number of ketones is 2. The lowest BCUT2D eigenvalue weighted by atomic mass is 10.0. The van der Waals surface area contributed by atoms with Crippen LogP contribution in [0.1, 0.15) is 41.8 Å². The number of carbonyl (C=O) groups is 2. The summed E-state index contributed by atoms with van der Waals surface area (Å²) in [7, 11) is 0. The third-order valence-electron chi connectivity index (χ3n) is 5.14. The lowest BCUT2D eigenvalue weighted by molar-refractivity contribution is -0.127. The Hall–Kier alpha value is -3.44. The van der Waals surface area contributed by atoms with Gasteiger partial charge in [-0.25, -0.2) is 0 Å². The largest absolute Gasteiger partial charge is 0.493 e. The maximum absolute atomic E-state index is 12.4. The van der Waals surface area contributed by atoms with Crippen molar-refractivity contribution in [3.63, 3.8) is 0 Å². The zero-order valence-electron chi connectivity index (χ0n) is 19.2. The van der Waals surface area contributed by atoms with Gasteiger partial charge in [0, 0.05) is 30.6 Å². The van der Waals surface area contributed by atoms with Crippen LogP contribution in [0.4, 0.5) is 0 Å². The summed E-state index contributed by atoms with van der Waals surface area (Å²) in [6, 6.07) is 24.1. The van der Waals surface area contributed by atoms with Gasteiger partial charge in [-0.1, -0.05) is 42.5 Å². The second-order valence-electron chi connectivity index (χ2n) is 7.67. The van der Waals surface area contributed by atoms with Gasteiger partial charge >= 0.3 is 0 Å². The summed E-state index contributed by atoms with van der Waals surface area (Å²) in [5, 5.41) is 0. The van der Waals surface area contributed by atoms with E-state index < -0.39 is 6.10 Å². The molecule has 3 aromatic carbocycles. The van der Waals surface area contributed by atoms with Gasteiger partial charge in [0.05, 0.1) is 13.2 Å². The Morgan fingerprint density at radius 2 is 1.30 bits per heavy atom. The molecule has 0 aliphatic carbocycles. The predicted octanol–water partition coefficient (Wildman–Crippen LogP) is 5.30. The van der Waals surface area contributed by atoms with Crippen molar-refractivity contribution in [2.45, 2.75) is 32.8 Å². The van der Waals surface area contributed by atoms with Crippen LogP contribution in [-0.4, -0.2) is 37.5 Å². The molecule has 0 spiro atoms. The van der Waals surface area contributed by atoms with Crippen molar-refractivity contribution in [1.82, 2.24) is 0 Å². The van der Waals surface area contributed by atoms with Crippen LogP contribution >= 0.6 is 0 Å². The Labute approximate surface area is 195 Å². The molecule has 172 valence electrons. The number of benzene rings is 3. The minimum Gasteiger partial charge on any atom is -0.493 e. The van der Waals surface area contributed by atoms with E-state index in [0.717, 1.165) is 23.5 Å². The maximum atomic E-state index is 12.4. The molecule has 5 heteroatoms. The van der Waals surface area contributed by atoms with Crippen molar-refractivity contribution in [3.05, 3.63) is 95.6 Å². The summed E-state index contributed by atoms with van der Waals surface area (Å²) in [4.78, 5) is 24.1. The molecule has 0 heterocycles. The fourth-order valence-corrected chi connectivity index (χ4v) is 3.35. The molecule has 0 amide bonds. The number of Topliss-reactive ketones (excluding diaryl/α,β-unsaturated/α-hetero) is 1. The maximum Gasteiger partial charge on any atom is 0.193 e. The monoisotopic (exact) mass is 446 g/mol. The van der Waals surface area contributed by atoms with E-state index in [-0.39, 0.29) is 11.6 Å². The quantitative estimate of drug-likeness (QED) is 0.263. The van der Waals surface area contributed by atoms with Gasteiger partial charge in [-0.2, -0.15) is 0 Å². The van der Waals surface area contributed by atoms with Crippen LogP contribution < -0.4 is 9.47 Å². The van der Waals surface area contributed by atoms with Gasteiger partial charge < -0.3 is 14.2 Å². The van der Waals surface area contributed by atoms with E-state index in [1.165, 1.54) is 0 Å². The first-order valence-electron chi connectivity index (χ1n) is 11.2. The molecule has 3 aromatic rings. The van der Waals surface area contributed by atoms with Crippen LogP contribution in [0.15, 0.2) is 78.9 Å². The van der Waals surface area contributed by atoms with Gasteiger partial charge in [-0.15, -0.1) is 0 Å². The fourth-order valence-electron chi connectivity index (χ4n) is 3.35. The van der Waals surface area contributed by atoms with Crippen LogP contribution in [0, 0.1) is 0 Å². The fraction of sp³-hybridized carbons (Fsp3) is 0.286. The molecule has 0 aliphatic rings. The molecule has 0 aliphatic heterocycles. The summed E-state index contributed by atoms with van der Waals surface area (Å²) in [6.07, 6.45) is 0.889. The van der Waals surface area contributed by atoms with Crippen molar-refractivity contribution in [3.8, 4) is 11.5 Å². The van der Waals surface area contributed by atoms with Crippen molar-refractivity contribution in [2.24, 2.45) is 0 Å². The highest BCUT2D eigenvalue weighted by atomic mass is 16.5. The highest BCUT2D eigenvalue weighted by molar-refractivity contribution is 6.08. The first kappa shape index (κ1) is 24.2. The zero-order chi connectivity index (χ0) is 23.5. The predicted molar refractivity (Wildman–Crippen MR) is 128 cm³/mol. The van der Waals surface area contributed by atoms with Crippen LogP contribution in [-0.2, 0) is 16.0 Å². The molecule has 1 atom stereocenters. The normalized spacial score (nSPS) is 11.6. The zero-order valence-corrected chi connectivity index (χ0v) is 19.2. The van der Waals surface area contributed by atoms with Crippen molar-refractivity contribution in [2.75, 3.05) is 19.8 Å². The lowest BCUT2D eigenvalue weighted by Crippen LogP contribution is -2.24. The standard InChI is InChI=1S/C28H30O5/c1-3-31-27(21(2)29)20-22-10-14-25(15-11-22)32-18-7-19-33-26-16-12-24(13-17-26)28(30)23-8-5-4-6-9-23/h4-6,8-17,27H,3,7,18-20H2,1-2H3. The van der Waals surface area contributed by atoms with E-state index in [1.807, 2.05) is 73.7 Å². The Balaban J connectivity index is 1.38. The van der Waals surface area contributed by atoms with Gasteiger partial charge in [0.2, 0.25) is 0 Å². The Bertz CT molecular complexity index is 1010. The van der Waals surface area contributed by atoms with E-state index in [0.29, 0.717) is 37.4 Å². The van der Waals surface area contributed by atoms with Crippen molar-refractivity contribution >= 4 is 11.6 Å². The van der Waals surface area contributed by atoms with E-state index >= 15 is 0 Å². The Kier molecular flexibility index (Phi) is 9.21. The van der Waals surface area contributed by atoms with Gasteiger partial charge in [0.25, 0.3) is 0 Å². The topological polar surface area (TPSA) is 61.8 Å². The number of rotatable bonds is 13. The summed E-state index contributed by atoms with van der Waals surface area (Å²) in [5.41, 5.74) is 2.34. The van der Waals surface area contributed by atoms with Gasteiger partial charge in [0.1, 0.15) is 17.6 Å². The summed E-state index contributed by atoms with van der Waals surface area (Å²) < 4.78 is 17.0. The molecule has 1 unspecified atom stereocenters. The molecule has 0 radical (unpaired) electrons. The highest BCUT2D eigenvalue weighted by Gasteiger charge is 2.14. The van der Waals surface area contributed by atoms with E-state index in [1.54, 1.807) is 19.1 Å². The minimum atomic E-state index is -0.399. The second-order valence-corrected chi connectivity index (χ2v) is 7.67. The molecule has 0 saturated heterocycles. The molecule has 3 rings (SSSR count). The molecule has 0 N–H and O–H groups in total. The van der Waals surface area contributed by atoms with Crippen LogP contribution in [0.3, 0.4) is 0 Å². The van der Waals surface area contributed by atoms with E-state index in [4.69, 9.17) is 14.2 Å². The smallest absolute Gasteiger partial charge is 0.193 e. The van der Waals surface area contributed by atoms with E-state index in [9.17, 15) is 9.59 Å². The first-order valence-corrected chi connectivity index (χ1v) is 11.2. The molecule has 0 aromatic heterocycles. The van der Waals surface area contributed by atoms with Gasteiger partial charge in [-0.05, 0) is 55.8 Å². The molecular formula is C28H30O5. The third kappa shape index (κ3) is 7.58. The molecule has 5 nitrogen and oxygen atoms in total. The molecule has 33 heavy (non-hydrogen) atoms. The van der Waals surface area contributed by atoms with Crippen LogP contribution in [0.25, 0.3) is 0 Å². The summed E-state index contributed by atoms with van der Waals surface area (Å²) in [5.74, 6) is 1.53. The molecule has 0 fully saturated rings.